The van der Waals surface area contributed by atoms with Crippen molar-refractivity contribution in [2.75, 3.05) is 20.4 Å². The first kappa shape index (κ1) is 12.7. The molecule has 0 saturated heterocycles. The van der Waals surface area contributed by atoms with Crippen LogP contribution in [-0.2, 0) is 16.1 Å². The van der Waals surface area contributed by atoms with E-state index in [9.17, 15) is 9.90 Å². The van der Waals surface area contributed by atoms with Gasteiger partial charge in [0.05, 0.1) is 12.5 Å². The summed E-state index contributed by atoms with van der Waals surface area (Å²) < 4.78 is 15.7. The molecule has 1 aliphatic heterocycles. The van der Waals surface area contributed by atoms with Gasteiger partial charge >= 0.3 is 5.97 Å². The van der Waals surface area contributed by atoms with Gasteiger partial charge in [-0.1, -0.05) is 6.07 Å². The summed E-state index contributed by atoms with van der Waals surface area (Å²) in [5.41, 5.74) is 6.84. The maximum atomic E-state index is 11.3. The number of carboxylic acid groups (broad SMARTS) is 1. The molecule has 0 fully saturated rings. The van der Waals surface area contributed by atoms with E-state index < -0.39 is 11.9 Å². The quantitative estimate of drug-likeness (QED) is 0.802. The van der Waals surface area contributed by atoms with Gasteiger partial charge in [-0.15, -0.1) is 0 Å². The molecule has 0 aromatic heterocycles. The van der Waals surface area contributed by atoms with Crippen LogP contribution in [0, 0.1) is 0 Å². The molecule has 3 N–H and O–H groups in total. The number of ether oxygens (including phenoxy) is 3. The molecule has 0 spiro atoms. The average molecular weight is 253 g/mol. The monoisotopic (exact) mass is 253 g/mol. The highest BCUT2D eigenvalue weighted by Crippen LogP contribution is 2.41. The van der Waals surface area contributed by atoms with Crippen molar-refractivity contribution in [2.45, 2.75) is 12.5 Å². The van der Waals surface area contributed by atoms with Gasteiger partial charge in [0, 0.05) is 19.2 Å². The topological polar surface area (TPSA) is 91.0 Å². The summed E-state index contributed by atoms with van der Waals surface area (Å²) >= 11 is 0. The molecule has 1 atom stereocenters. The number of fused-ring (bicyclic) bond motifs is 1. The number of benzene rings is 1. The molecule has 98 valence electrons. The Morgan fingerprint density at radius 1 is 1.56 bits per heavy atom. The lowest BCUT2D eigenvalue weighted by molar-refractivity contribution is -0.138. The Balaban J connectivity index is 2.53. The molecule has 0 aliphatic carbocycles. The first-order valence-corrected chi connectivity index (χ1v) is 5.52. The Hall–Kier alpha value is -1.79. The van der Waals surface area contributed by atoms with E-state index in [1.165, 1.54) is 0 Å². The largest absolute Gasteiger partial charge is 0.481 e. The summed E-state index contributed by atoms with van der Waals surface area (Å²) in [6.07, 6.45) is 0. The minimum Gasteiger partial charge on any atom is -0.481 e. The summed E-state index contributed by atoms with van der Waals surface area (Å²) in [6.45, 7) is 0.386. The van der Waals surface area contributed by atoms with Crippen molar-refractivity contribution in [3.63, 3.8) is 0 Å². The van der Waals surface area contributed by atoms with Crippen molar-refractivity contribution in [3.8, 4) is 11.5 Å². The lowest BCUT2D eigenvalue weighted by atomic mass is 9.93. The summed E-state index contributed by atoms with van der Waals surface area (Å²) in [5, 5.41) is 9.23. The van der Waals surface area contributed by atoms with Gasteiger partial charge in [0.15, 0.2) is 11.5 Å². The summed E-state index contributed by atoms with van der Waals surface area (Å²) in [7, 11) is 1.55. The van der Waals surface area contributed by atoms with Crippen molar-refractivity contribution >= 4 is 5.97 Å². The van der Waals surface area contributed by atoms with E-state index in [-0.39, 0.29) is 13.3 Å². The molecule has 0 bridgehead atoms. The van der Waals surface area contributed by atoms with E-state index in [4.69, 9.17) is 19.9 Å². The predicted molar refractivity (Wildman–Crippen MR) is 62.7 cm³/mol. The number of hydrogen-bond donors (Lipinski definition) is 2. The van der Waals surface area contributed by atoms with Crippen LogP contribution in [0.2, 0.25) is 0 Å². The van der Waals surface area contributed by atoms with Crippen molar-refractivity contribution in [1.29, 1.82) is 0 Å². The SMILES string of the molecule is COCc1ccc2c(c1C(CN)C(=O)O)OCO2. The second-order valence-corrected chi connectivity index (χ2v) is 3.93. The van der Waals surface area contributed by atoms with Crippen LogP contribution in [0.4, 0.5) is 0 Å². The van der Waals surface area contributed by atoms with Gasteiger partial charge < -0.3 is 25.1 Å². The smallest absolute Gasteiger partial charge is 0.312 e. The molecule has 1 heterocycles. The molecule has 1 aliphatic rings. The van der Waals surface area contributed by atoms with Gasteiger partial charge in [-0.2, -0.15) is 0 Å². The molecule has 0 amide bonds. The Labute approximate surface area is 104 Å². The van der Waals surface area contributed by atoms with Crippen LogP contribution in [0.25, 0.3) is 0 Å². The molecule has 18 heavy (non-hydrogen) atoms. The zero-order chi connectivity index (χ0) is 13.1. The molecule has 1 aromatic carbocycles. The molecule has 2 rings (SSSR count). The van der Waals surface area contributed by atoms with Gasteiger partial charge in [-0.25, -0.2) is 0 Å². The summed E-state index contributed by atoms with van der Waals surface area (Å²) in [4.78, 5) is 11.3. The fourth-order valence-electron chi connectivity index (χ4n) is 2.04. The standard InChI is InChI=1S/C12H15NO5/c1-16-5-7-2-3-9-11(18-6-17-9)10(7)8(4-13)12(14)15/h2-3,8H,4-6,13H2,1H3,(H,14,15). The molecule has 0 radical (unpaired) electrons. The Bertz CT molecular complexity index is 460. The molecule has 6 nitrogen and oxygen atoms in total. The third-order valence-electron chi connectivity index (χ3n) is 2.85. The Kier molecular flexibility index (Phi) is 3.69. The number of hydrogen-bond acceptors (Lipinski definition) is 5. The van der Waals surface area contributed by atoms with E-state index >= 15 is 0 Å². The normalized spacial score (nSPS) is 14.6. The number of carbonyl (C=O) groups is 1. The number of methoxy groups -OCH3 is 1. The summed E-state index contributed by atoms with van der Waals surface area (Å²) in [6, 6.07) is 3.52. The maximum absolute atomic E-state index is 11.3. The average Bonchev–Trinajstić information content (AvgIpc) is 2.80. The van der Waals surface area contributed by atoms with Gasteiger partial charge in [0.1, 0.15) is 0 Å². The Morgan fingerprint density at radius 2 is 2.33 bits per heavy atom. The fourth-order valence-corrected chi connectivity index (χ4v) is 2.04. The van der Waals surface area contributed by atoms with Crippen LogP contribution in [0.5, 0.6) is 11.5 Å². The third kappa shape index (κ3) is 2.12. The second-order valence-electron chi connectivity index (χ2n) is 3.93. The van der Waals surface area contributed by atoms with Gasteiger partial charge in [-0.05, 0) is 11.6 Å². The van der Waals surface area contributed by atoms with E-state index in [0.29, 0.717) is 23.7 Å². The molecule has 0 saturated carbocycles. The molecular formula is C12H15NO5. The summed E-state index contributed by atoms with van der Waals surface area (Å²) in [5.74, 6) is -0.808. The lowest BCUT2D eigenvalue weighted by Crippen LogP contribution is -2.23. The first-order chi connectivity index (χ1) is 8.69. The lowest BCUT2D eigenvalue weighted by Gasteiger charge is -2.17. The highest BCUT2D eigenvalue weighted by molar-refractivity contribution is 5.79. The zero-order valence-electron chi connectivity index (χ0n) is 10.0. The van der Waals surface area contributed by atoms with Crippen LogP contribution < -0.4 is 15.2 Å². The van der Waals surface area contributed by atoms with Crippen LogP contribution in [-0.4, -0.2) is 31.5 Å². The highest BCUT2D eigenvalue weighted by atomic mass is 16.7. The van der Waals surface area contributed by atoms with Crippen LogP contribution in [0.15, 0.2) is 12.1 Å². The number of carboxylic acids is 1. The van der Waals surface area contributed by atoms with Crippen molar-refractivity contribution in [1.82, 2.24) is 0 Å². The van der Waals surface area contributed by atoms with Crippen LogP contribution in [0.3, 0.4) is 0 Å². The second kappa shape index (κ2) is 5.24. The van der Waals surface area contributed by atoms with Crippen LogP contribution in [0.1, 0.15) is 17.0 Å². The first-order valence-electron chi connectivity index (χ1n) is 5.52. The molecule has 6 heteroatoms. The fraction of sp³-hybridized carbons (Fsp3) is 0.417. The number of rotatable bonds is 5. The Morgan fingerprint density at radius 3 is 2.94 bits per heavy atom. The number of nitrogens with two attached hydrogens (primary N) is 1. The highest BCUT2D eigenvalue weighted by Gasteiger charge is 2.30. The minimum absolute atomic E-state index is 0.00807. The number of aliphatic carboxylic acids is 1. The van der Waals surface area contributed by atoms with E-state index in [2.05, 4.69) is 0 Å². The van der Waals surface area contributed by atoms with Gasteiger partial charge in [-0.3, -0.25) is 4.79 Å². The maximum Gasteiger partial charge on any atom is 0.312 e. The third-order valence-corrected chi connectivity index (χ3v) is 2.85. The molecule has 1 unspecified atom stereocenters. The van der Waals surface area contributed by atoms with Crippen molar-refractivity contribution in [2.24, 2.45) is 5.73 Å². The van der Waals surface area contributed by atoms with Gasteiger partial charge in [0.25, 0.3) is 0 Å². The van der Waals surface area contributed by atoms with E-state index in [1.807, 2.05) is 0 Å². The van der Waals surface area contributed by atoms with E-state index in [1.54, 1.807) is 19.2 Å². The van der Waals surface area contributed by atoms with Gasteiger partial charge in [0.2, 0.25) is 6.79 Å². The predicted octanol–water partition coefficient (Wildman–Crippen LogP) is 0.689. The molecular weight excluding hydrogens is 238 g/mol. The molecule has 1 aromatic rings. The zero-order valence-corrected chi connectivity index (χ0v) is 10.0. The van der Waals surface area contributed by atoms with Crippen molar-refractivity contribution < 1.29 is 24.1 Å². The van der Waals surface area contributed by atoms with E-state index in [0.717, 1.165) is 5.56 Å². The van der Waals surface area contributed by atoms with Crippen molar-refractivity contribution in [3.05, 3.63) is 23.3 Å². The van der Waals surface area contributed by atoms with Crippen LogP contribution >= 0.6 is 0 Å². The minimum atomic E-state index is -0.987.